The molecule has 1 aliphatic heterocycles. The summed E-state index contributed by atoms with van der Waals surface area (Å²) < 4.78 is 17.4. The minimum atomic E-state index is -0.298. The molecular formula is C37H41NO6. The Morgan fingerprint density at radius 1 is 0.909 bits per heavy atom. The number of rotatable bonds is 13. The summed E-state index contributed by atoms with van der Waals surface area (Å²) in [5.41, 5.74) is 4.01. The lowest BCUT2D eigenvalue weighted by Crippen LogP contribution is -2.49. The molecule has 1 saturated carbocycles. The van der Waals surface area contributed by atoms with E-state index in [1.807, 2.05) is 18.2 Å². The summed E-state index contributed by atoms with van der Waals surface area (Å²) in [5, 5.41) is 0. The Kier molecular flexibility index (Phi) is 11.2. The van der Waals surface area contributed by atoms with Gasteiger partial charge in [0.15, 0.2) is 11.6 Å². The van der Waals surface area contributed by atoms with Gasteiger partial charge in [0, 0.05) is 37.4 Å². The third-order valence-corrected chi connectivity index (χ3v) is 8.40. The molecule has 2 aliphatic rings. The molecule has 5 rings (SSSR count). The molecule has 0 spiro atoms. The van der Waals surface area contributed by atoms with Crippen molar-refractivity contribution >= 4 is 17.5 Å². The smallest absolute Gasteiger partial charge is 0.311 e. The van der Waals surface area contributed by atoms with Gasteiger partial charge in [0.05, 0.1) is 32.0 Å². The largest absolute Gasteiger partial charge is 0.427 e. The number of carbonyl (C=O) groups is 3. The van der Waals surface area contributed by atoms with Crippen LogP contribution in [0.25, 0.3) is 11.1 Å². The van der Waals surface area contributed by atoms with Crippen LogP contribution in [0.1, 0.15) is 54.9 Å². The van der Waals surface area contributed by atoms with Crippen LogP contribution < -0.4 is 4.74 Å². The molecule has 0 radical (unpaired) electrons. The van der Waals surface area contributed by atoms with Crippen LogP contribution in [0.5, 0.6) is 5.75 Å². The van der Waals surface area contributed by atoms with Gasteiger partial charge in [-0.2, -0.15) is 0 Å². The van der Waals surface area contributed by atoms with E-state index in [1.165, 1.54) is 12.5 Å². The summed E-state index contributed by atoms with van der Waals surface area (Å²) in [6.45, 7) is 4.75. The number of esters is 1. The average molecular weight is 596 g/mol. The van der Waals surface area contributed by atoms with Gasteiger partial charge in [0.25, 0.3) is 0 Å². The predicted molar refractivity (Wildman–Crippen MR) is 169 cm³/mol. The highest BCUT2D eigenvalue weighted by molar-refractivity contribution is 5.94. The highest BCUT2D eigenvalue weighted by Crippen LogP contribution is 2.34. The molecule has 3 aromatic rings. The van der Waals surface area contributed by atoms with E-state index in [2.05, 4.69) is 53.5 Å². The fourth-order valence-corrected chi connectivity index (χ4v) is 6.01. The molecule has 230 valence electrons. The van der Waals surface area contributed by atoms with Crippen LogP contribution in [-0.4, -0.2) is 60.9 Å². The average Bonchev–Trinajstić information content (AvgIpc) is 3.37. The molecule has 3 aromatic carbocycles. The zero-order valence-electron chi connectivity index (χ0n) is 25.4. The first-order chi connectivity index (χ1) is 21.5. The molecule has 1 saturated heterocycles. The van der Waals surface area contributed by atoms with Crippen molar-refractivity contribution in [2.24, 2.45) is 5.92 Å². The maximum Gasteiger partial charge on any atom is 0.311 e. The second-order valence-electron chi connectivity index (χ2n) is 11.5. The molecule has 7 nitrogen and oxygen atoms in total. The minimum absolute atomic E-state index is 0.0281. The molecule has 0 N–H and O–H groups in total. The van der Waals surface area contributed by atoms with E-state index in [1.54, 1.807) is 24.3 Å². The fraction of sp³-hybridized carbons (Fsp3) is 0.378. The summed E-state index contributed by atoms with van der Waals surface area (Å²) in [5.74, 6) is 0.415. The SMILES string of the molecule is CC(=O)c1ccc(OC(=O)CCC/C=C\C[C@H]2[C@@H](OCc3ccc(-c4ccccc4)cc3)CC(=O)[C@@H]2N2CCOCC2)cc1. The number of allylic oxidation sites excluding steroid dienone is 2. The van der Waals surface area contributed by atoms with Gasteiger partial charge in [-0.15, -0.1) is 0 Å². The summed E-state index contributed by atoms with van der Waals surface area (Å²) >= 11 is 0. The number of hydrogen-bond donors (Lipinski definition) is 0. The highest BCUT2D eigenvalue weighted by Gasteiger charge is 2.45. The molecule has 0 unspecified atom stereocenters. The molecular weight excluding hydrogens is 554 g/mol. The topological polar surface area (TPSA) is 82.1 Å². The number of unbranched alkanes of at least 4 members (excludes halogenated alkanes) is 1. The number of hydrogen-bond acceptors (Lipinski definition) is 7. The molecule has 1 aliphatic carbocycles. The second kappa shape index (κ2) is 15.7. The van der Waals surface area contributed by atoms with Gasteiger partial charge in [-0.25, -0.2) is 0 Å². The monoisotopic (exact) mass is 595 g/mol. The third-order valence-electron chi connectivity index (χ3n) is 8.40. The van der Waals surface area contributed by atoms with Crippen molar-refractivity contribution in [2.75, 3.05) is 26.3 Å². The number of ether oxygens (including phenoxy) is 3. The number of benzene rings is 3. The standard InChI is InChI=1S/C37H41NO6/c1-27(39)29-17-19-32(20-18-29)44-36(41)12-8-3-2-7-11-33-35(25-34(40)37(33)38-21-23-42-24-22-38)43-26-28-13-15-31(16-14-28)30-9-5-4-6-10-30/h2,4-7,9-10,13-20,33,35,37H,3,8,11-12,21-26H2,1H3/b7-2-/t33-,35-,37+/m0/s1. The van der Waals surface area contributed by atoms with Crippen molar-refractivity contribution in [3.05, 3.63) is 102 Å². The lowest BCUT2D eigenvalue weighted by molar-refractivity contribution is -0.134. The Hall–Kier alpha value is -3.91. The lowest BCUT2D eigenvalue weighted by Gasteiger charge is -2.35. The quantitative estimate of drug-likeness (QED) is 0.0738. The van der Waals surface area contributed by atoms with Crippen molar-refractivity contribution in [1.29, 1.82) is 0 Å². The third kappa shape index (κ3) is 8.59. The van der Waals surface area contributed by atoms with Gasteiger partial charge in [-0.3, -0.25) is 19.3 Å². The maximum atomic E-state index is 13.3. The Bertz CT molecular complexity index is 1410. The van der Waals surface area contributed by atoms with Crippen LogP contribution >= 0.6 is 0 Å². The normalized spacial score (nSPS) is 20.7. The van der Waals surface area contributed by atoms with E-state index in [9.17, 15) is 14.4 Å². The van der Waals surface area contributed by atoms with E-state index in [0.717, 1.165) is 37.1 Å². The van der Waals surface area contributed by atoms with Crippen molar-refractivity contribution < 1.29 is 28.6 Å². The summed E-state index contributed by atoms with van der Waals surface area (Å²) in [6.07, 6.45) is 6.92. The summed E-state index contributed by atoms with van der Waals surface area (Å²) in [6, 6.07) is 25.1. The summed E-state index contributed by atoms with van der Waals surface area (Å²) in [7, 11) is 0. The fourth-order valence-electron chi connectivity index (χ4n) is 6.01. The molecule has 3 atom stereocenters. The van der Waals surface area contributed by atoms with E-state index in [4.69, 9.17) is 14.2 Å². The first-order valence-corrected chi connectivity index (χ1v) is 15.5. The predicted octanol–water partition coefficient (Wildman–Crippen LogP) is 6.45. The molecule has 0 bridgehead atoms. The van der Waals surface area contributed by atoms with Gasteiger partial charge in [-0.05, 0) is 67.1 Å². The molecule has 7 heteroatoms. The lowest BCUT2D eigenvalue weighted by atomic mass is 9.95. The Balaban J connectivity index is 1.13. The maximum absolute atomic E-state index is 13.3. The Morgan fingerprint density at radius 2 is 1.61 bits per heavy atom. The highest BCUT2D eigenvalue weighted by atomic mass is 16.5. The number of Topliss-reactive ketones (excluding diaryl/α,β-unsaturated/α-hetero) is 2. The molecule has 0 amide bonds. The number of nitrogens with zero attached hydrogens (tertiary/aromatic N) is 1. The van der Waals surface area contributed by atoms with Crippen molar-refractivity contribution in [3.8, 4) is 16.9 Å². The number of carbonyl (C=O) groups excluding carboxylic acids is 3. The van der Waals surface area contributed by atoms with Crippen LogP contribution in [0.15, 0.2) is 91.0 Å². The van der Waals surface area contributed by atoms with E-state index >= 15 is 0 Å². The van der Waals surface area contributed by atoms with Crippen LogP contribution in [-0.2, 0) is 25.7 Å². The van der Waals surface area contributed by atoms with Crippen molar-refractivity contribution in [3.63, 3.8) is 0 Å². The van der Waals surface area contributed by atoms with E-state index in [0.29, 0.717) is 50.4 Å². The van der Waals surface area contributed by atoms with Crippen LogP contribution in [0.2, 0.25) is 0 Å². The van der Waals surface area contributed by atoms with E-state index < -0.39 is 0 Å². The van der Waals surface area contributed by atoms with Gasteiger partial charge in [-0.1, -0.05) is 66.7 Å². The number of ketones is 2. The minimum Gasteiger partial charge on any atom is -0.427 e. The van der Waals surface area contributed by atoms with Gasteiger partial charge in [0.1, 0.15) is 5.75 Å². The summed E-state index contributed by atoms with van der Waals surface area (Å²) in [4.78, 5) is 39.2. The first kappa shape index (κ1) is 31.5. The van der Waals surface area contributed by atoms with Gasteiger partial charge < -0.3 is 14.2 Å². The molecule has 2 fully saturated rings. The zero-order chi connectivity index (χ0) is 30.7. The molecule has 44 heavy (non-hydrogen) atoms. The van der Waals surface area contributed by atoms with E-state index in [-0.39, 0.29) is 35.6 Å². The van der Waals surface area contributed by atoms with Crippen LogP contribution in [0.3, 0.4) is 0 Å². The van der Waals surface area contributed by atoms with Crippen molar-refractivity contribution in [2.45, 2.75) is 57.8 Å². The zero-order valence-corrected chi connectivity index (χ0v) is 25.4. The Morgan fingerprint density at radius 3 is 2.32 bits per heavy atom. The molecule has 1 heterocycles. The first-order valence-electron chi connectivity index (χ1n) is 15.5. The van der Waals surface area contributed by atoms with Gasteiger partial charge >= 0.3 is 5.97 Å². The van der Waals surface area contributed by atoms with Crippen LogP contribution in [0, 0.1) is 5.92 Å². The Labute approximate surface area is 259 Å². The second-order valence-corrected chi connectivity index (χ2v) is 11.5. The molecule has 0 aromatic heterocycles. The van der Waals surface area contributed by atoms with Crippen molar-refractivity contribution in [1.82, 2.24) is 4.90 Å². The number of morpholine rings is 1. The van der Waals surface area contributed by atoms with Crippen LogP contribution in [0.4, 0.5) is 0 Å². The van der Waals surface area contributed by atoms with Gasteiger partial charge in [0.2, 0.25) is 0 Å².